The zero-order valence-electron chi connectivity index (χ0n) is 19.5. The summed E-state index contributed by atoms with van der Waals surface area (Å²) in [5, 5.41) is 0. The van der Waals surface area contributed by atoms with Crippen LogP contribution in [0, 0.1) is 0 Å². The maximum Gasteiger partial charge on any atom is 0.411 e. The normalized spacial score (nSPS) is 19.1. The average molecular weight is 443 g/mol. The highest BCUT2D eigenvalue weighted by atomic mass is 16.6. The molecule has 0 radical (unpaired) electrons. The van der Waals surface area contributed by atoms with Crippen molar-refractivity contribution in [3.63, 3.8) is 0 Å². The summed E-state index contributed by atoms with van der Waals surface area (Å²) in [6, 6.07) is 21.4. The fraction of sp³-hybridized carbons (Fsp3) is 0.286. The number of aryl methyl sites for hydroxylation is 1. The minimum absolute atomic E-state index is 0.0438. The molecule has 2 unspecified atom stereocenters. The molecular weight excluding hydrogens is 412 g/mol. The van der Waals surface area contributed by atoms with Gasteiger partial charge in [-0.2, -0.15) is 0 Å². The van der Waals surface area contributed by atoms with E-state index in [1.807, 2.05) is 74.5 Å². The van der Waals surface area contributed by atoms with Crippen LogP contribution < -0.4 is 5.56 Å². The predicted octanol–water partition coefficient (Wildman–Crippen LogP) is 5.82. The Morgan fingerprint density at radius 3 is 2.36 bits per heavy atom. The molecule has 33 heavy (non-hydrogen) atoms. The lowest BCUT2D eigenvalue weighted by Crippen LogP contribution is -2.48. The van der Waals surface area contributed by atoms with Gasteiger partial charge in [0.25, 0.3) is 5.56 Å². The molecule has 5 heteroatoms. The molecule has 0 saturated carbocycles. The summed E-state index contributed by atoms with van der Waals surface area (Å²) in [6.07, 6.45) is 2.76. The fourth-order valence-corrected chi connectivity index (χ4v) is 4.54. The smallest absolute Gasteiger partial charge is 0.411 e. The molecule has 1 aliphatic heterocycles. The second-order valence-corrected chi connectivity index (χ2v) is 8.97. The molecule has 1 fully saturated rings. The quantitative estimate of drug-likeness (QED) is 0.452. The minimum atomic E-state index is -0.677. The Labute approximate surface area is 194 Å². The summed E-state index contributed by atoms with van der Waals surface area (Å²) in [5.41, 5.74) is 4.14. The van der Waals surface area contributed by atoms with Gasteiger partial charge < -0.3 is 14.2 Å². The molecule has 0 aliphatic carbocycles. The van der Waals surface area contributed by atoms with E-state index in [0.717, 1.165) is 27.8 Å². The molecule has 1 aliphatic rings. The van der Waals surface area contributed by atoms with Crippen molar-refractivity contribution >= 4 is 6.09 Å². The molecule has 2 atom stereocenters. The highest BCUT2D eigenvalue weighted by Gasteiger charge is 2.43. The van der Waals surface area contributed by atoms with Gasteiger partial charge in [0, 0.05) is 38.7 Å². The van der Waals surface area contributed by atoms with E-state index in [-0.39, 0.29) is 17.7 Å². The van der Waals surface area contributed by atoms with Crippen LogP contribution in [0.2, 0.25) is 0 Å². The fourth-order valence-electron chi connectivity index (χ4n) is 4.54. The van der Waals surface area contributed by atoms with Gasteiger partial charge >= 0.3 is 6.09 Å². The first-order valence-corrected chi connectivity index (χ1v) is 11.3. The number of benzene rings is 2. The van der Waals surface area contributed by atoms with E-state index in [4.69, 9.17) is 4.74 Å². The Balaban J connectivity index is 1.53. The summed E-state index contributed by atoms with van der Waals surface area (Å²) in [4.78, 5) is 26.9. The van der Waals surface area contributed by atoms with E-state index in [2.05, 4.69) is 6.58 Å². The van der Waals surface area contributed by atoms with Gasteiger partial charge in [-0.1, -0.05) is 66.7 Å². The van der Waals surface area contributed by atoms with Gasteiger partial charge in [0.15, 0.2) is 0 Å². The Morgan fingerprint density at radius 2 is 1.76 bits per heavy atom. The van der Waals surface area contributed by atoms with Gasteiger partial charge in [0.2, 0.25) is 0 Å². The summed E-state index contributed by atoms with van der Waals surface area (Å²) in [7, 11) is 1.73. The van der Waals surface area contributed by atoms with Crippen molar-refractivity contribution in [2.24, 2.45) is 7.05 Å². The highest BCUT2D eigenvalue weighted by Crippen LogP contribution is 2.41. The Morgan fingerprint density at radius 1 is 1.06 bits per heavy atom. The van der Waals surface area contributed by atoms with Crippen molar-refractivity contribution in [3.8, 4) is 11.1 Å². The number of nitrogens with zero attached hydrogens (tertiary/aromatic N) is 2. The lowest BCUT2D eigenvalue weighted by Gasteiger charge is -2.43. The molecule has 5 nitrogen and oxygen atoms in total. The van der Waals surface area contributed by atoms with Crippen LogP contribution in [0.5, 0.6) is 0 Å². The van der Waals surface area contributed by atoms with Crippen LogP contribution in [-0.4, -0.2) is 22.1 Å². The van der Waals surface area contributed by atoms with Gasteiger partial charge in [-0.15, -0.1) is 0 Å². The Kier molecular flexibility index (Phi) is 6.23. The van der Waals surface area contributed by atoms with Gasteiger partial charge in [-0.05, 0) is 42.2 Å². The molecule has 0 N–H and O–H groups in total. The first-order valence-electron chi connectivity index (χ1n) is 11.3. The van der Waals surface area contributed by atoms with Gasteiger partial charge in [-0.3, -0.25) is 4.79 Å². The molecule has 1 aromatic heterocycles. The predicted molar refractivity (Wildman–Crippen MR) is 131 cm³/mol. The standard InChI is InChI=1S/C28H30N2O3/c1-20(2)19-28(25-8-6-5-7-9-25)15-17-30(27(32)33-28)21(3)22-10-12-23(13-11-22)24-14-16-29(4)26(31)18-24/h5-14,16,18,21H,1,15,17,19H2,2-4H3. The van der Waals surface area contributed by atoms with E-state index in [1.165, 1.54) is 0 Å². The maximum absolute atomic E-state index is 13.2. The first kappa shape index (κ1) is 22.6. The van der Waals surface area contributed by atoms with Crippen molar-refractivity contribution in [1.29, 1.82) is 0 Å². The third-order valence-corrected chi connectivity index (χ3v) is 6.46. The molecule has 4 rings (SSSR count). The summed E-state index contributed by atoms with van der Waals surface area (Å²) < 4.78 is 7.68. The zero-order valence-corrected chi connectivity index (χ0v) is 19.5. The van der Waals surface area contributed by atoms with Crippen molar-refractivity contribution in [1.82, 2.24) is 9.47 Å². The average Bonchev–Trinajstić information content (AvgIpc) is 2.81. The molecular formula is C28H30N2O3. The number of cyclic esters (lactones) is 1. The minimum Gasteiger partial charge on any atom is -0.437 e. The first-order chi connectivity index (χ1) is 15.8. The second-order valence-electron chi connectivity index (χ2n) is 8.97. The molecule has 2 aromatic carbocycles. The van der Waals surface area contributed by atoms with Crippen molar-refractivity contribution in [2.45, 2.75) is 38.3 Å². The van der Waals surface area contributed by atoms with E-state index >= 15 is 0 Å². The van der Waals surface area contributed by atoms with Gasteiger partial charge in [-0.25, -0.2) is 4.79 Å². The number of ether oxygens (including phenoxy) is 1. The number of pyridine rings is 1. The van der Waals surface area contributed by atoms with E-state index in [0.29, 0.717) is 19.4 Å². The summed E-state index contributed by atoms with van der Waals surface area (Å²) in [5.74, 6) is 0. The number of hydrogen-bond donors (Lipinski definition) is 0. The molecule has 170 valence electrons. The summed E-state index contributed by atoms with van der Waals surface area (Å²) >= 11 is 0. The van der Waals surface area contributed by atoms with Crippen LogP contribution in [0.4, 0.5) is 4.79 Å². The topological polar surface area (TPSA) is 51.5 Å². The van der Waals surface area contributed by atoms with Gasteiger partial charge in [0.05, 0.1) is 6.04 Å². The van der Waals surface area contributed by atoms with Crippen LogP contribution in [0.3, 0.4) is 0 Å². The monoisotopic (exact) mass is 442 g/mol. The van der Waals surface area contributed by atoms with Crippen molar-refractivity contribution < 1.29 is 9.53 Å². The zero-order chi connectivity index (χ0) is 23.6. The van der Waals surface area contributed by atoms with E-state index < -0.39 is 5.60 Å². The van der Waals surface area contributed by atoms with Crippen molar-refractivity contribution in [3.05, 3.63) is 107 Å². The largest absolute Gasteiger partial charge is 0.437 e. The number of aromatic nitrogens is 1. The van der Waals surface area contributed by atoms with E-state index in [9.17, 15) is 9.59 Å². The highest BCUT2D eigenvalue weighted by molar-refractivity contribution is 5.70. The Hall–Kier alpha value is -3.60. The van der Waals surface area contributed by atoms with Gasteiger partial charge in [0.1, 0.15) is 5.60 Å². The van der Waals surface area contributed by atoms with Crippen LogP contribution in [-0.2, 0) is 17.4 Å². The van der Waals surface area contributed by atoms with Crippen LogP contribution in [0.25, 0.3) is 11.1 Å². The molecule has 1 saturated heterocycles. The lowest BCUT2D eigenvalue weighted by molar-refractivity contribution is -0.0602. The number of carbonyl (C=O) groups excluding carboxylic acids is 1. The van der Waals surface area contributed by atoms with Crippen LogP contribution >= 0.6 is 0 Å². The summed E-state index contributed by atoms with van der Waals surface area (Å²) in [6.45, 7) is 8.65. The molecule has 0 spiro atoms. The third kappa shape index (κ3) is 4.63. The number of carbonyl (C=O) groups is 1. The SMILES string of the molecule is C=C(C)CC1(c2ccccc2)CCN(C(C)c2ccc(-c3ccn(C)c(=O)c3)cc2)C(=O)O1. The Bertz CT molecular complexity index is 1210. The number of rotatable bonds is 6. The molecule has 2 heterocycles. The maximum atomic E-state index is 13.2. The molecule has 0 bridgehead atoms. The van der Waals surface area contributed by atoms with Crippen LogP contribution in [0.1, 0.15) is 43.9 Å². The molecule has 3 aromatic rings. The van der Waals surface area contributed by atoms with E-state index in [1.54, 1.807) is 28.8 Å². The lowest BCUT2D eigenvalue weighted by atomic mass is 9.83. The number of amides is 1. The second kappa shape index (κ2) is 9.10. The molecule has 1 amide bonds. The van der Waals surface area contributed by atoms with Crippen LogP contribution in [0.15, 0.2) is 89.9 Å². The number of hydrogen-bond acceptors (Lipinski definition) is 3. The third-order valence-electron chi connectivity index (χ3n) is 6.46. The van der Waals surface area contributed by atoms with Crippen molar-refractivity contribution in [2.75, 3.05) is 6.54 Å².